The van der Waals surface area contributed by atoms with Crippen LogP contribution in [0.5, 0.6) is 5.75 Å². The Hall–Kier alpha value is -3.09. The predicted molar refractivity (Wildman–Crippen MR) is 81.9 cm³/mol. The fourth-order valence-electron chi connectivity index (χ4n) is 3.11. The molecule has 0 radical (unpaired) electrons. The third-order valence-corrected chi connectivity index (χ3v) is 4.09. The number of ketones is 1. The quantitative estimate of drug-likeness (QED) is 0.543. The number of hydrogen-bond donors (Lipinski definition) is 1. The molecule has 2 aromatic heterocycles. The highest BCUT2D eigenvalue weighted by Crippen LogP contribution is 2.37. The molecule has 4 nitrogen and oxygen atoms in total. The Morgan fingerprint density at radius 1 is 0.958 bits per heavy atom. The largest absolute Gasteiger partial charge is 0.506 e. The molecule has 0 aliphatic rings. The van der Waals surface area contributed by atoms with Crippen LogP contribution < -0.4 is 5.56 Å². The lowest BCUT2D eigenvalue weighted by molar-refractivity contribution is -0.0887. The number of alkyl halides is 3. The molecule has 0 saturated heterocycles. The Balaban J connectivity index is 2.33. The van der Waals surface area contributed by atoms with Crippen molar-refractivity contribution in [2.45, 2.75) is 6.18 Å². The van der Waals surface area contributed by atoms with Gasteiger partial charge in [0, 0.05) is 16.2 Å². The van der Waals surface area contributed by atoms with Crippen LogP contribution in [0.2, 0.25) is 0 Å². The van der Waals surface area contributed by atoms with Crippen molar-refractivity contribution in [1.29, 1.82) is 0 Å². The van der Waals surface area contributed by atoms with Gasteiger partial charge in [-0.2, -0.15) is 13.2 Å². The first-order valence-electron chi connectivity index (χ1n) is 6.94. The smallest absolute Gasteiger partial charge is 0.455 e. The van der Waals surface area contributed by atoms with Crippen LogP contribution in [0.1, 0.15) is 10.4 Å². The molecule has 0 bridgehead atoms. The van der Waals surface area contributed by atoms with Gasteiger partial charge in [-0.25, -0.2) is 0 Å². The van der Waals surface area contributed by atoms with Crippen molar-refractivity contribution in [3.63, 3.8) is 0 Å². The second kappa shape index (κ2) is 4.47. The van der Waals surface area contributed by atoms with Crippen LogP contribution in [0.3, 0.4) is 0 Å². The number of para-hydroxylation sites is 2. The van der Waals surface area contributed by atoms with Gasteiger partial charge in [0.15, 0.2) is 0 Å². The van der Waals surface area contributed by atoms with Crippen molar-refractivity contribution >= 4 is 33.0 Å². The average molecular weight is 331 g/mol. The second-order valence-electron chi connectivity index (χ2n) is 5.41. The highest BCUT2D eigenvalue weighted by atomic mass is 19.4. The summed E-state index contributed by atoms with van der Waals surface area (Å²) < 4.78 is 39.5. The van der Waals surface area contributed by atoms with Crippen LogP contribution in [0.25, 0.3) is 27.2 Å². The molecule has 2 heterocycles. The molecule has 2 aromatic carbocycles. The van der Waals surface area contributed by atoms with E-state index in [0.29, 0.717) is 21.8 Å². The van der Waals surface area contributed by atoms with E-state index in [1.165, 1.54) is 6.07 Å². The number of rotatable bonds is 1. The number of hydrogen-bond acceptors (Lipinski definition) is 3. The van der Waals surface area contributed by atoms with E-state index in [-0.39, 0.29) is 5.39 Å². The Morgan fingerprint density at radius 2 is 1.58 bits per heavy atom. The summed E-state index contributed by atoms with van der Waals surface area (Å²) in [6.45, 7) is 0. The number of aromatic hydroxyl groups is 1. The maximum absolute atomic E-state index is 12.8. The number of aromatic nitrogens is 1. The van der Waals surface area contributed by atoms with Gasteiger partial charge in [-0.15, -0.1) is 0 Å². The van der Waals surface area contributed by atoms with Gasteiger partial charge in [0.05, 0.1) is 11.0 Å². The molecular formula is C17H8F3NO3. The molecule has 4 rings (SSSR count). The van der Waals surface area contributed by atoms with Crippen molar-refractivity contribution in [3.05, 3.63) is 58.4 Å². The van der Waals surface area contributed by atoms with Gasteiger partial charge >= 0.3 is 6.18 Å². The van der Waals surface area contributed by atoms with Crippen molar-refractivity contribution < 1.29 is 23.1 Å². The summed E-state index contributed by atoms with van der Waals surface area (Å²) in [4.78, 5) is 24.3. The molecule has 7 heteroatoms. The molecule has 0 spiro atoms. The molecule has 4 aromatic rings. The van der Waals surface area contributed by atoms with Crippen LogP contribution in [0.15, 0.2) is 47.3 Å². The number of benzene rings is 2. The zero-order valence-electron chi connectivity index (χ0n) is 11.9. The number of carbonyl (C=O) groups excluding carboxylic acids is 1. The summed E-state index contributed by atoms with van der Waals surface area (Å²) in [5, 5.41) is 11.5. The van der Waals surface area contributed by atoms with Crippen LogP contribution in [-0.4, -0.2) is 21.5 Å². The van der Waals surface area contributed by atoms with Gasteiger partial charge in [0.1, 0.15) is 11.3 Å². The van der Waals surface area contributed by atoms with Gasteiger partial charge in [0.25, 0.3) is 11.3 Å². The van der Waals surface area contributed by atoms with E-state index in [1.54, 1.807) is 36.4 Å². The number of pyridine rings is 1. The third kappa shape index (κ3) is 1.69. The van der Waals surface area contributed by atoms with E-state index in [4.69, 9.17) is 0 Å². The summed E-state index contributed by atoms with van der Waals surface area (Å²) in [7, 11) is 0. The molecule has 1 N–H and O–H groups in total. The minimum absolute atomic E-state index is 0.0240. The van der Waals surface area contributed by atoms with Crippen molar-refractivity contribution in [3.8, 4) is 5.75 Å². The fourth-order valence-corrected chi connectivity index (χ4v) is 3.11. The number of Topliss-reactive ketones (excluding diaryl/α,β-unsaturated/α-hetero) is 1. The zero-order chi connectivity index (χ0) is 17.2. The molecule has 0 fully saturated rings. The lowest BCUT2D eigenvalue weighted by Crippen LogP contribution is -2.31. The van der Waals surface area contributed by atoms with Gasteiger partial charge < -0.3 is 5.11 Å². The van der Waals surface area contributed by atoms with Crippen LogP contribution in [-0.2, 0) is 0 Å². The third-order valence-electron chi connectivity index (χ3n) is 4.09. The molecule has 0 aliphatic carbocycles. The molecule has 0 amide bonds. The van der Waals surface area contributed by atoms with Crippen molar-refractivity contribution in [1.82, 2.24) is 4.40 Å². The molecule has 0 saturated carbocycles. The molecule has 120 valence electrons. The van der Waals surface area contributed by atoms with E-state index in [0.717, 1.165) is 4.40 Å². The Morgan fingerprint density at radius 3 is 2.29 bits per heavy atom. The van der Waals surface area contributed by atoms with Crippen LogP contribution in [0, 0.1) is 0 Å². The number of nitrogens with zero attached hydrogens (tertiary/aromatic N) is 1. The normalized spacial score (nSPS) is 12.5. The summed E-state index contributed by atoms with van der Waals surface area (Å²) in [5.41, 5.74) is -1.77. The van der Waals surface area contributed by atoms with Gasteiger partial charge in [0.2, 0.25) is 0 Å². The first-order valence-corrected chi connectivity index (χ1v) is 6.94. The molecular weight excluding hydrogens is 323 g/mol. The minimum Gasteiger partial charge on any atom is -0.506 e. The van der Waals surface area contributed by atoms with Crippen LogP contribution >= 0.6 is 0 Å². The Labute approximate surface area is 131 Å². The highest BCUT2D eigenvalue weighted by Gasteiger charge is 2.43. The predicted octanol–water partition coefficient (Wildman–Crippen LogP) is 3.49. The molecule has 0 aliphatic heterocycles. The number of fused-ring (bicyclic) bond motifs is 3. The maximum atomic E-state index is 12.8. The maximum Gasteiger partial charge on any atom is 0.455 e. The van der Waals surface area contributed by atoms with Crippen molar-refractivity contribution in [2.75, 3.05) is 0 Å². The second-order valence-corrected chi connectivity index (χ2v) is 5.41. The molecule has 0 atom stereocenters. The number of carbonyl (C=O) groups is 1. The Kier molecular flexibility index (Phi) is 2.70. The highest BCUT2D eigenvalue weighted by molar-refractivity contribution is 6.17. The summed E-state index contributed by atoms with van der Waals surface area (Å²) in [6.07, 6.45) is -5.26. The van der Waals surface area contributed by atoms with E-state index in [1.807, 2.05) is 0 Å². The average Bonchev–Trinajstić information content (AvgIpc) is 2.87. The summed E-state index contributed by atoms with van der Waals surface area (Å²) in [5.74, 6) is -3.30. The summed E-state index contributed by atoms with van der Waals surface area (Å²) >= 11 is 0. The SMILES string of the molecule is O=C(c1c(O)c2cccc3c4ccccc4n(c1=O)c23)C(F)(F)F. The fraction of sp³-hybridized carbons (Fsp3) is 0.0588. The zero-order valence-corrected chi connectivity index (χ0v) is 11.9. The van der Waals surface area contributed by atoms with Crippen LogP contribution in [0.4, 0.5) is 13.2 Å². The van der Waals surface area contributed by atoms with E-state index < -0.39 is 28.8 Å². The lowest BCUT2D eigenvalue weighted by Gasteiger charge is -2.10. The summed E-state index contributed by atoms with van der Waals surface area (Å²) in [6, 6.07) is 11.3. The Bertz CT molecular complexity index is 1190. The van der Waals surface area contributed by atoms with E-state index in [2.05, 4.69) is 0 Å². The molecule has 0 unspecified atom stereocenters. The lowest BCUT2D eigenvalue weighted by atomic mass is 10.1. The van der Waals surface area contributed by atoms with Crippen molar-refractivity contribution in [2.24, 2.45) is 0 Å². The van der Waals surface area contributed by atoms with E-state index >= 15 is 0 Å². The first kappa shape index (κ1) is 14.5. The number of halogens is 3. The topological polar surface area (TPSA) is 58.8 Å². The van der Waals surface area contributed by atoms with Gasteiger partial charge in [-0.1, -0.05) is 30.3 Å². The van der Waals surface area contributed by atoms with Gasteiger partial charge in [-0.3, -0.25) is 14.0 Å². The monoisotopic (exact) mass is 331 g/mol. The van der Waals surface area contributed by atoms with E-state index in [9.17, 15) is 27.9 Å². The first-order chi connectivity index (χ1) is 11.3. The molecule has 24 heavy (non-hydrogen) atoms. The van der Waals surface area contributed by atoms with Gasteiger partial charge in [-0.05, 0) is 12.1 Å². The minimum atomic E-state index is -5.26. The standard InChI is InChI=1S/C17H8F3NO3/c18-17(19,20)15(23)12-14(22)10-6-3-5-9-8-4-1-2-7-11(8)21(13(9)10)16(12)24/h1-7,22H.